The monoisotopic (exact) mass is 212 g/mol. The second-order valence-electron chi connectivity index (χ2n) is 3.58. The van der Waals surface area contributed by atoms with E-state index in [0.717, 1.165) is 18.3 Å². The highest BCUT2D eigenvalue weighted by molar-refractivity contribution is 8.00. The van der Waals surface area contributed by atoms with E-state index in [1.165, 1.54) is 25.3 Å². The van der Waals surface area contributed by atoms with Crippen molar-refractivity contribution in [2.45, 2.75) is 18.6 Å². The number of hydrogen-bond donors (Lipinski definition) is 1. The van der Waals surface area contributed by atoms with Crippen LogP contribution in [0.3, 0.4) is 0 Å². The molecule has 1 aliphatic rings. The van der Waals surface area contributed by atoms with Gasteiger partial charge in [-0.3, -0.25) is 0 Å². The van der Waals surface area contributed by atoms with E-state index in [4.69, 9.17) is 6.42 Å². The summed E-state index contributed by atoms with van der Waals surface area (Å²) in [4.78, 5) is 2.54. The van der Waals surface area contributed by atoms with Crippen LogP contribution in [0, 0.1) is 12.3 Å². The smallest absolute Gasteiger partial charge is 0.0574 e. The van der Waals surface area contributed by atoms with Crippen molar-refractivity contribution in [1.82, 2.24) is 10.2 Å². The summed E-state index contributed by atoms with van der Waals surface area (Å²) in [5.74, 6) is 3.88. The van der Waals surface area contributed by atoms with Gasteiger partial charge in [-0.1, -0.05) is 12.8 Å². The molecular weight excluding hydrogens is 192 g/mol. The van der Waals surface area contributed by atoms with Crippen LogP contribution >= 0.6 is 11.8 Å². The Bertz CT molecular complexity index is 188. The molecule has 1 saturated heterocycles. The fourth-order valence-electron chi connectivity index (χ4n) is 1.63. The van der Waals surface area contributed by atoms with E-state index in [9.17, 15) is 0 Å². The third kappa shape index (κ3) is 4.36. The molecule has 14 heavy (non-hydrogen) atoms. The second kappa shape index (κ2) is 7.17. The predicted molar refractivity (Wildman–Crippen MR) is 64.7 cm³/mol. The lowest BCUT2D eigenvalue weighted by Gasteiger charge is -2.31. The first-order chi connectivity index (χ1) is 6.86. The summed E-state index contributed by atoms with van der Waals surface area (Å²) < 4.78 is 0. The van der Waals surface area contributed by atoms with E-state index in [1.807, 2.05) is 0 Å². The molecule has 0 radical (unpaired) electrons. The van der Waals surface area contributed by atoms with Gasteiger partial charge in [-0.25, -0.2) is 0 Å². The van der Waals surface area contributed by atoms with E-state index in [0.29, 0.717) is 6.54 Å². The van der Waals surface area contributed by atoms with E-state index < -0.39 is 0 Å². The lowest BCUT2D eigenvalue weighted by molar-refractivity contribution is 0.282. The molecule has 0 spiro atoms. The van der Waals surface area contributed by atoms with Crippen molar-refractivity contribution >= 4 is 11.8 Å². The van der Waals surface area contributed by atoms with Crippen LogP contribution in [0.25, 0.3) is 0 Å². The maximum atomic E-state index is 5.16. The third-order valence-corrected chi connectivity index (χ3v) is 3.88. The molecule has 1 heterocycles. The third-order valence-electron chi connectivity index (χ3n) is 2.51. The summed E-state index contributed by atoms with van der Waals surface area (Å²) in [6, 6.07) is 0. The summed E-state index contributed by atoms with van der Waals surface area (Å²) in [7, 11) is 0. The molecule has 0 amide bonds. The van der Waals surface area contributed by atoms with Crippen molar-refractivity contribution in [3.8, 4) is 12.3 Å². The van der Waals surface area contributed by atoms with Gasteiger partial charge in [0.25, 0.3) is 0 Å². The molecule has 3 heteroatoms. The van der Waals surface area contributed by atoms with Gasteiger partial charge in [0.15, 0.2) is 0 Å². The Morgan fingerprint density at radius 2 is 2.50 bits per heavy atom. The maximum Gasteiger partial charge on any atom is 0.0574 e. The topological polar surface area (TPSA) is 15.3 Å². The highest BCUT2D eigenvalue weighted by Gasteiger charge is 2.17. The first-order valence-electron chi connectivity index (χ1n) is 5.35. The van der Waals surface area contributed by atoms with E-state index in [-0.39, 0.29) is 0 Å². The number of nitrogens with one attached hydrogen (secondary N) is 1. The van der Waals surface area contributed by atoms with Crippen molar-refractivity contribution in [3.63, 3.8) is 0 Å². The molecule has 1 unspecified atom stereocenters. The van der Waals surface area contributed by atoms with Crippen molar-refractivity contribution in [3.05, 3.63) is 0 Å². The lowest BCUT2D eigenvalue weighted by atomic mass is 10.3. The van der Waals surface area contributed by atoms with Crippen molar-refractivity contribution in [2.75, 3.05) is 38.5 Å². The van der Waals surface area contributed by atoms with E-state index >= 15 is 0 Å². The van der Waals surface area contributed by atoms with Gasteiger partial charge in [-0.05, 0) is 6.42 Å². The molecule has 0 bridgehead atoms. The number of rotatable bonds is 5. The van der Waals surface area contributed by atoms with Crippen molar-refractivity contribution in [2.24, 2.45) is 0 Å². The molecule has 2 nitrogen and oxygen atoms in total. The quantitative estimate of drug-likeness (QED) is 0.541. The van der Waals surface area contributed by atoms with Gasteiger partial charge in [0, 0.05) is 37.2 Å². The van der Waals surface area contributed by atoms with Crippen LogP contribution in [0.15, 0.2) is 0 Å². The van der Waals surface area contributed by atoms with Gasteiger partial charge in [-0.15, -0.1) is 6.42 Å². The van der Waals surface area contributed by atoms with Crippen LogP contribution in [0.5, 0.6) is 0 Å². The average Bonchev–Trinajstić information content (AvgIpc) is 2.25. The minimum atomic E-state index is 0.694. The molecule has 0 aliphatic carbocycles. The zero-order valence-electron chi connectivity index (χ0n) is 8.96. The van der Waals surface area contributed by atoms with Gasteiger partial charge < -0.3 is 10.2 Å². The van der Waals surface area contributed by atoms with Crippen LogP contribution in [0.4, 0.5) is 0 Å². The van der Waals surface area contributed by atoms with Crippen LogP contribution in [0.1, 0.15) is 13.3 Å². The molecular formula is C11H20N2S. The Morgan fingerprint density at radius 3 is 3.21 bits per heavy atom. The average molecular weight is 212 g/mol. The van der Waals surface area contributed by atoms with E-state index in [2.05, 4.69) is 34.8 Å². The largest absolute Gasteiger partial charge is 0.305 e. The summed E-state index contributed by atoms with van der Waals surface area (Å²) in [5.41, 5.74) is 0. The zero-order valence-corrected chi connectivity index (χ0v) is 9.78. The Kier molecular flexibility index (Phi) is 6.09. The van der Waals surface area contributed by atoms with Gasteiger partial charge >= 0.3 is 0 Å². The molecule has 80 valence electrons. The summed E-state index contributed by atoms with van der Waals surface area (Å²) in [6.45, 7) is 7.61. The minimum absolute atomic E-state index is 0.694. The lowest BCUT2D eigenvalue weighted by Crippen LogP contribution is -2.41. The Balaban J connectivity index is 2.08. The molecule has 1 N–H and O–H groups in total. The number of terminal acetylenes is 1. The van der Waals surface area contributed by atoms with Crippen LogP contribution in [-0.4, -0.2) is 48.6 Å². The van der Waals surface area contributed by atoms with E-state index in [1.54, 1.807) is 0 Å². The molecule has 0 aromatic carbocycles. The second-order valence-corrected chi connectivity index (χ2v) is 4.99. The first-order valence-corrected chi connectivity index (χ1v) is 6.39. The van der Waals surface area contributed by atoms with Gasteiger partial charge in [0.2, 0.25) is 0 Å². The molecule has 1 fully saturated rings. The van der Waals surface area contributed by atoms with Gasteiger partial charge in [-0.2, -0.15) is 11.8 Å². The normalized spacial score (nSPS) is 23.3. The fourth-order valence-corrected chi connectivity index (χ4v) is 2.88. The van der Waals surface area contributed by atoms with Gasteiger partial charge in [0.1, 0.15) is 0 Å². The zero-order chi connectivity index (χ0) is 10.2. The van der Waals surface area contributed by atoms with Crippen molar-refractivity contribution < 1.29 is 0 Å². The highest BCUT2D eigenvalue weighted by Crippen LogP contribution is 2.20. The summed E-state index contributed by atoms with van der Waals surface area (Å²) in [5, 5.41) is 4.07. The minimum Gasteiger partial charge on any atom is -0.305 e. The predicted octanol–water partition coefficient (Wildman–Crippen LogP) is 1.04. The first kappa shape index (κ1) is 11.9. The maximum absolute atomic E-state index is 5.16. The number of thioether (sulfide) groups is 1. The van der Waals surface area contributed by atoms with Crippen molar-refractivity contribution in [1.29, 1.82) is 0 Å². The Morgan fingerprint density at radius 1 is 1.64 bits per heavy atom. The highest BCUT2D eigenvalue weighted by atomic mass is 32.2. The summed E-state index contributed by atoms with van der Waals surface area (Å²) in [6.07, 6.45) is 6.45. The standard InChI is InChI=1S/C11H20N2S/c1-3-5-12-6-7-13-8-9-14-11(4-2)10-13/h1,11-12H,4-10H2,2H3. The molecule has 1 aliphatic heterocycles. The van der Waals surface area contributed by atoms with Crippen LogP contribution < -0.4 is 5.32 Å². The van der Waals surface area contributed by atoms with Gasteiger partial charge in [0.05, 0.1) is 6.54 Å². The molecule has 1 rings (SSSR count). The van der Waals surface area contributed by atoms with Crippen LogP contribution in [0.2, 0.25) is 0 Å². The molecule has 0 saturated carbocycles. The number of nitrogens with zero attached hydrogens (tertiary/aromatic N) is 1. The fraction of sp³-hybridized carbons (Fsp3) is 0.818. The molecule has 0 aromatic heterocycles. The number of hydrogen-bond acceptors (Lipinski definition) is 3. The summed E-state index contributed by atoms with van der Waals surface area (Å²) >= 11 is 2.12. The molecule has 0 aromatic rings. The Hall–Kier alpha value is -0.170. The van der Waals surface area contributed by atoms with Crippen LogP contribution in [-0.2, 0) is 0 Å². The SMILES string of the molecule is C#CCNCCN1CCSC(CC)C1. The Labute approximate surface area is 91.8 Å². The molecule has 1 atom stereocenters.